The number of hydrogen-bond acceptors (Lipinski definition) is 1. The van der Waals surface area contributed by atoms with E-state index < -0.39 is 17.7 Å². The van der Waals surface area contributed by atoms with Gasteiger partial charge in [-0.15, -0.1) is 0 Å². The van der Waals surface area contributed by atoms with Crippen LogP contribution >= 0.6 is 15.9 Å². The molecule has 2 aromatic carbocycles. The molecule has 2 rings (SSSR count). The van der Waals surface area contributed by atoms with Gasteiger partial charge in [0.25, 0.3) is 0 Å². The number of hydrogen-bond donors (Lipinski definition) is 1. The summed E-state index contributed by atoms with van der Waals surface area (Å²) in [5.41, 5.74) is 6.81. The van der Waals surface area contributed by atoms with Gasteiger partial charge in [0.05, 0.1) is 0 Å². The normalized spacial score (nSPS) is 12.5. The average Bonchev–Trinajstić information content (AvgIpc) is 2.38. The standard InChI is InChI=1S/C15H13BrF3N/c1-8-2-5-12(18)14(15(8)19)13(20)6-9-3-4-10(17)7-11(9)16/h2-5,7,13H,6,20H2,1H3. The molecule has 0 aliphatic heterocycles. The monoisotopic (exact) mass is 343 g/mol. The third-order valence-electron chi connectivity index (χ3n) is 3.15. The molecule has 2 aromatic rings. The molecule has 1 nitrogen and oxygen atoms in total. The second kappa shape index (κ2) is 5.97. The van der Waals surface area contributed by atoms with Gasteiger partial charge in [0.1, 0.15) is 17.5 Å². The van der Waals surface area contributed by atoms with Gasteiger partial charge in [-0.3, -0.25) is 0 Å². The molecule has 0 amide bonds. The molecule has 20 heavy (non-hydrogen) atoms. The maximum absolute atomic E-state index is 14.0. The van der Waals surface area contributed by atoms with Gasteiger partial charge in [-0.25, -0.2) is 13.2 Å². The molecule has 0 spiro atoms. The Hall–Kier alpha value is -1.33. The van der Waals surface area contributed by atoms with Gasteiger partial charge in [0.15, 0.2) is 0 Å². The largest absolute Gasteiger partial charge is 0.323 e. The van der Waals surface area contributed by atoms with Crippen LogP contribution in [0.4, 0.5) is 13.2 Å². The summed E-state index contributed by atoms with van der Waals surface area (Å²) in [6.07, 6.45) is 0.207. The van der Waals surface area contributed by atoms with Gasteiger partial charge in [0, 0.05) is 16.1 Å². The zero-order chi connectivity index (χ0) is 14.9. The minimum atomic E-state index is -0.836. The SMILES string of the molecule is Cc1ccc(F)c(C(N)Cc2ccc(F)cc2Br)c1F. The second-order valence-corrected chi connectivity index (χ2v) is 5.49. The summed E-state index contributed by atoms with van der Waals surface area (Å²) in [5.74, 6) is -1.68. The minimum Gasteiger partial charge on any atom is -0.323 e. The Balaban J connectivity index is 2.33. The summed E-state index contributed by atoms with van der Waals surface area (Å²) >= 11 is 3.22. The van der Waals surface area contributed by atoms with Crippen LogP contribution in [0.2, 0.25) is 0 Å². The molecule has 0 saturated carbocycles. The number of rotatable bonds is 3. The molecule has 0 aliphatic rings. The lowest BCUT2D eigenvalue weighted by Crippen LogP contribution is -2.17. The van der Waals surface area contributed by atoms with Crippen molar-refractivity contribution in [1.82, 2.24) is 0 Å². The molecule has 1 unspecified atom stereocenters. The van der Waals surface area contributed by atoms with Crippen LogP contribution in [0.25, 0.3) is 0 Å². The van der Waals surface area contributed by atoms with E-state index in [4.69, 9.17) is 5.73 Å². The van der Waals surface area contributed by atoms with Gasteiger partial charge in [0.2, 0.25) is 0 Å². The molecule has 2 N–H and O–H groups in total. The van der Waals surface area contributed by atoms with Crippen molar-refractivity contribution in [3.8, 4) is 0 Å². The van der Waals surface area contributed by atoms with Crippen molar-refractivity contribution in [2.24, 2.45) is 5.73 Å². The summed E-state index contributed by atoms with van der Waals surface area (Å²) in [6, 6.07) is 5.87. The molecule has 1 atom stereocenters. The van der Waals surface area contributed by atoms with Gasteiger partial charge in [-0.2, -0.15) is 0 Å². The molecular formula is C15H13BrF3N. The fourth-order valence-corrected chi connectivity index (χ4v) is 2.56. The highest BCUT2D eigenvalue weighted by molar-refractivity contribution is 9.10. The van der Waals surface area contributed by atoms with Crippen molar-refractivity contribution in [2.45, 2.75) is 19.4 Å². The Morgan fingerprint density at radius 1 is 1.15 bits per heavy atom. The van der Waals surface area contributed by atoms with Crippen molar-refractivity contribution in [3.63, 3.8) is 0 Å². The van der Waals surface area contributed by atoms with Crippen LogP contribution in [0.15, 0.2) is 34.8 Å². The van der Waals surface area contributed by atoms with Crippen molar-refractivity contribution in [1.29, 1.82) is 0 Å². The average molecular weight is 344 g/mol. The predicted octanol–water partition coefficient (Wildman–Crippen LogP) is 4.42. The third-order valence-corrected chi connectivity index (χ3v) is 3.88. The fraction of sp³-hybridized carbons (Fsp3) is 0.200. The van der Waals surface area contributed by atoms with Crippen LogP contribution in [-0.2, 0) is 6.42 Å². The summed E-state index contributed by atoms with van der Waals surface area (Å²) in [6.45, 7) is 1.55. The van der Waals surface area contributed by atoms with Crippen molar-refractivity contribution in [3.05, 3.63) is 68.9 Å². The fourth-order valence-electron chi connectivity index (χ4n) is 2.04. The molecule has 0 fully saturated rings. The molecule has 0 bridgehead atoms. The molecule has 0 saturated heterocycles. The molecular weight excluding hydrogens is 331 g/mol. The van der Waals surface area contributed by atoms with Crippen LogP contribution in [0.5, 0.6) is 0 Å². The number of nitrogens with two attached hydrogens (primary N) is 1. The lowest BCUT2D eigenvalue weighted by Gasteiger charge is -2.16. The quantitative estimate of drug-likeness (QED) is 0.877. The van der Waals surface area contributed by atoms with E-state index in [1.807, 2.05) is 0 Å². The van der Waals surface area contributed by atoms with Crippen molar-refractivity contribution in [2.75, 3.05) is 0 Å². The van der Waals surface area contributed by atoms with Crippen molar-refractivity contribution >= 4 is 15.9 Å². The second-order valence-electron chi connectivity index (χ2n) is 4.64. The van der Waals surface area contributed by atoms with Gasteiger partial charge in [-0.1, -0.05) is 28.1 Å². The molecule has 0 radical (unpaired) electrons. The lowest BCUT2D eigenvalue weighted by molar-refractivity contribution is 0.519. The van der Waals surface area contributed by atoms with Gasteiger partial charge in [-0.05, 0) is 42.7 Å². The third kappa shape index (κ3) is 3.04. The van der Waals surface area contributed by atoms with Crippen LogP contribution in [0.3, 0.4) is 0 Å². The first-order valence-electron chi connectivity index (χ1n) is 6.04. The molecule has 0 heterocycles. The highest BCUT2D eigenvalue weighted by Crippen LogP contribution is 2.27. The lowest BCUT2D eigenvalue weighted by atomic mass is 9.97. The van der Waals surface area contributed by atoms with Gasteiger partial charge >= 0.3 is 0 Å². The first-order valence-corrected chi connectivity index (χ1v) is 6.83. The van der Waals surface area contributed by atoms with E-state index in [1.165, 1.54) is 24.3 Å². The number of benzene rings is 2. The van der Waals surface area contributed by atoms with E-state index >= 15 is 0 Å². The van der Waals surface area contributed by atoms with Crippen molar-refractivity contribution < 1.29 is 13.2 Å². The van der Waals surface area contributed by atoms with E-state index in [1.54, 1.807) is 13.0 Å². The smallest absolute Gasteiger partial charge is 0.133 e. The first-order chi connectivity index (χ1) is 9.40. The molecule has 106 valence electrons. The van der Waals surface area contributed by atoms with E-state index in [0.717, 1.165) is 0 Å². The molecule has 0 aliphatic carbocycles. The minimum absolute atomic E-state index is 0.138. The molecule has 5 heteroatoms. The van der Waals surface area contributed by atoms with Crippen LogP contribution in [0, 0.1) is 24.4 Å². The number of halogens is 4. The zero-order valence-corrected chi connectivity index (χ0v) is 12.3. The van der Waals surface area contributed by atoms with Crippen LogP contribution in [0.1, 0.15) is 22.7 Å². The topological polar surface area (TPSA) is 26.0 Å². The summed E-state index contributed by atoms with van der Waals surface area (Å²) < 4.78 is 41.3. The summed E-state index contributed by atoms with van der Waals surface area (Å²) in [5, 5.41) is 0. The number of aryl methyl sites for hydroxylation is 1. The Labute approximate surface area is 123 Å². The summed E-state index contributed by atoms with van der Waals surface area (Å²) in [4.78, 5) is 0. The highest BCUT2D eigenvalue weighted by atomic mass is 79.9. The van der Waals surface area contributed by atoms with E-state index in [-0.39, 0.29) is 17.8 Å². The molecule has 0 aromatic heterocycles. The first kappa shape index (κ1) is 15.1. The predicted molar refractivity (Wildman–Crippen MR) is 75.8 cm³/mol. The highest BCUT2D eigenvalue weighted by Gasteiger charge is 2.19. The maximum atomic E-state index is 14.0. The zero-order valence-electron chi connectivity index (χ0n) is 10.8. The maximum Gasteiger partial charge on any atom is 0.133 e. The Bertz CT molecular complexity index is 643. The Kier molecular flexibility index (Phi) is 4.50. The van der Waals surface area contributed by atoms with E-state index in [2.05, 4.69) is 15.9 Å². The van der Waals surface area contributed by atoms with Gasteiger partial charge < -0.3 is 5.73 Å². The van der Waals surface area contributed by atoms with Crippen LogP contribution < -0.4 is 5.73 Å². The Morgan fingerprint density at radius 3 is 2.50 bits per heavy atom. The van der Waals surface area contributed by atoms with E-state index in [9.17, 15) is 13.2 Å². The summed E-state index contributed by atoms with van der Waals surface area (Å²) in [7, 11) is 0. The Morgan fingerprint density at radius 2 is 1.85 bits per heavy atom. The van der Waals surface area contributed by atoms with E-state index in [0.29, 0.717) is 15.6 Å². The van der Waals surface area contributed by atoms with Crippen LogP contribution in [-0.4, -0.2) is 0 Å².